The Bertz CT molecular complexity index is 504. The highest BCUT2D eigenvalue weighted by molar-refractivity contribution is 6.88. The maximum absolute atomic E-state index is 12.0. The van der Waals surface area contributed by atoms with Gasteiger partial charge in [-0.1, -0.05) is 50.8 Å². The zero-order valence-corrected chi connectivity index (χ0v) is 15.3. The Kier molecular flexibility index (Phi) is 5.45. The second-order valence-corrected chi connectivity index (χ2v) is 12.6. The number of carbonyl (C=O) groups excluding carboxylic acids is 1. The molecule has 1 saturated carbocycles. The highest BCUT2D eigenvalue weighted by Crippen LogP contribution is 2.35. The van der Waals surface area contributed by atoms with Gasteiger partial charge in [0.05, 0.1) is 13.6 Å². The molecule has 0 heterocycles. The van der Waals surface area contributed by atoms with E-state index in [0.717, 1.165) is 25.4 Å². The molecule has 0 aliphatic heterocycles. The van der Waals surface area contributed by atoms with Gasteiger partial charge >= 0.3 is 5.97 Å². The predicted octanol–water partition coefficient (Wildman–Crippen LogP) is 4.31. The monoisotopic (exact) mass is 319 g/mol. The maximum Gasteiger partial charge on any atom is 0.373 e. The van der Waals surface area contributed by atoms with Crippen molar-refractivity contribution in [2.75, 3.05) is 0 Å². The Balaban J connectivity index is 1.87. The SMILES string of the molecule is CC1CC[C](OOC(=O)c2ccc([Si](C)(C)C)cc2)CC1C. The van der Waals surface area contributed by atoms with E-state index in [4.69, 9.17) is 9.78 Å². The summed E-state index contributed by atoms with van der Waals surface area (Å²) in [4.78, 5) is 22.3. The second kappa shape index (κ2) is 6.96. The Hall–Kier alpha value is -1.13. The number of rotatable bonds is 4. The molecule has 1 aliphatic rings. The van der Waals surface area contributed by atoms with Crippen LogP contribution in [0.15, 0.2) is 24.3 Å². The molecule has 0 N–H and O–H groups in total. The van der Waals surface area contributed by atoms with Crippen molar-refractivity contribution in [2.45, 2.75) is 52.8 Å². The van der Waals surface area contributed by atoms with Crippen molar-refractivity contribution in [3.63, 3.8) is 0 Å². The molecule has 22 heavy (non-hydrogen) atoms. The molecule has 1 aromatic rings. The Morgan fingerprint density at radius 1 is 1.09 bits per heavy atom. The minimum Gasteiger partial charge on any atom is -0.292 e. The third kappa shape index (κ3) is 4.43. The Morgan fingerprint density at radius 3 is 2.27 bits per heavy atom. The Labute approximate surface area is 135 Å². The van der Waals surface area contributed by atoms with Crippen LogP contribution in [0, 0.1) is 17.9 Å². The maximum atomic E-state index is 12.0. The fourth-order valence-corrected chi connectivity index (χ4v) is 3.83. The fraction of sp³-hybridized carbons (Fsp3) is 0.556. The molecular weight excluding hydrogens is 292 g/mol. The quantitative estimate of drug-likeness (QED) is 0.471. The molecule has 0 bridgehead atoms. The number of carbonyl (C=O) groups is 1. The minimum atomic E-state index is -1.34. The van der Waals surface area contributed by atoms with Crippen LogP contribution in [0.3, 0.4) is 0 Å². The third-order valence-corrected chi connectivity index (χ3v) is 6.69. The van der Waals surface area contributed by atoms with E-state index >= 15 is 0 Å². The average Bonchev–Trinajstić information content (AvgIpc) is 2.47. The smallest absolute Gasteiger partial charge is 0.292 e. The van der Waals surface area contributed by atoms with Crippen molar-refractivity contribution in [2.24, 2.45) is 11.8 Å². The standard InChI is InChI=1S/C18H27O3Si/c1-13-6-9-16(12-14(13)2)20-21-18(19)15-7-10-17(11-8-15)22(3,4)5/h7-8,10-11,13-14H,6,9,12H2,1-5H3. The van der Waals surface area contributed by atoms with Gasteiger partial charge in [0.15, 0.2) is 0 Å². The first-order chi connectivity index (χ1) is 10.3. The molecular formula is C18H27O3Si. The zero-order valence-electron chi connectivity index (χ0n) is 14.3. The summed E-state index contributed by atoms with van der Waals surface area (Å²) in [5.41, 5.74) is 0.542. The van der Waals surface area contributed by atoms with Gasteiger partial charge in [0.2, 0.25) is 0 Å². The van der Waals surface area contributed by atoms with Crippen molar-refractivity contribution in [3.8, 4) is 0 Å². The first kappa shape index (κ1) is 17.2. The van der Waals surface area contributed by atoms with Crippen molar-refractivity contribution >= 4 is 19.2 Å². The van der Waals surface area contributed by atoms with Crippen LogP contribution >= 0.6 is 0 Å². The summed E-state index contributed by atoms with van der Waals surface area (Å²) in [7, 11) is -1.34. The first-order valence-corrected chi connectivity index (χ1v) is 11.6. The van der Waals surface area contributed by atoms with Crippen molar-refractivity contribution < 1.29 is 14.6 Å². The van der Waals surface area contributed by atoms with Crippen molar-refractivity contribution in [1.82, 2.24) is 0 Å². The van der Waals surface area contributed by atoms with Crippen LogP contribution in [0.4, 0.5) is 0 Å². The van der Waals surface area contributed by atoms with E-state index in [0.29, 0.717) is 17.4 Å². The molecule has 3 nitrogen and oxygen atoms in total. The number of benzene rings is 1. The summed E-state index contributed by atoms with van der Waals surface area (Å²) in [6.45, 7) is 11.3. The first-order valence-electron chi connectivity index (χ1n) is 8.11. The Morgan fingerprint density at radius 2 is 1.73 bits per heavy atom. The number of hydrogen-bond donors (Lipinski definition) is 0. The highest BCUT2D eigenvalue weighted by Gasteiger charge is 2.28. The molecule has 4 heteroatoms. The normalized spacial score (nSPS) is 23.3. The molecule has 2 unspecified atom stereocenters. The van der Waals surface area contributed by atoms with Crippen LogP contribution in [0.2, 0.25) is 19.6 Å². The van der Waals surface area contributed by atoms with Crippen LogP contribution in [0.5, 0.6) is 0 Å². The van der Waals surface area contributed by atoms with Crippen molar-refractivity contribution in [3.05, 3.63) is 35.9 Å². The van der Waals surface area contributed by atoms with E-state index in [-0.39, 0.29) is 0 Å². The molecule has 1 radical (unpaired) electrons. The lowest BCUT2D eigenvalue weighted by Crippen LogP contribution is -2.37. The van der Waals surface area contributed by atoms with Crippen LogP contribution in [0.25, 0.3) is 0 Å². The van der Waals surface area contributed by atoms with E-state index in [1.807, 2.05) is 24.3 Å². The van der Waals surface area contributed by atoms with E-state index in [1.54, 1.807) is 0 Å². The molecule has 1 fully saturated rings. The number of hydrogen-bond acceptors (Lipinski definition) is 3. The van der Waals surface area contributed by atoms with Gasteiger partial charge in [-0.25, -0.2) is 4.79 Å². The summed E-state index contributed by atoms with van der Waals surface area (Å²) in [6, 6.07) is 7.71. The lowest BCUT2D eigenvalue weighted by Gasteiger charge is -2.29. The fourth-order valence-electron chi connectivity index (χ4n) is 2.66. The van der Waals surface area contributed by atoms with Gasteiger partial charge in [-0.15, -0.1) is 0 Å². The third-order valence-electron chi connectivity index (χ3n) is 4.62. The summed E-state index contributed by atoms with van der Waals surface area (Å²) in [5, 5.41) is 1.33. The molecule has 0 aromatic heterocycles. The van der Waals surface area contributed by atoms with Crippen LogP contribution in [-0.4, -0.2) is 14.0 Å². The van der Waals surface area contributed by atoms with Gasteiger partial charge < -0.3 is 0 Å². The average molecular weight is 319 g/mol. The van der Waals surface area contributed by atoms with Gasteiger partial charge in [0.25, 0.3) is 0 Å². The topological polar surface area (TPSA) is 35.5 Å². The molecule has 0 spiro atoms. The molecule has 121 valence electrons. The summed E-state index contributed by atoms with van der Waals surface area (Å²) >= 11 is 0. The van der Waals surface area contributed by atoms with Gasteiger partial charge in [-0.3, -0.25) is 4.89 Å². The van der Waals surface area contributed by atoms with Gasteiger partial charge in [0, 0.05) is 0 Å². The van der Waals surface area contributed by atoms with Gasteiger partial charge in [-0.05, 0) is 43.2 Å². The van der Waals surface area contributed by atoms with E-state index in [9.17, 15) is 4.79 Å². The zero-order chi connectivity index (χ0) is 16.3. The van der Waals surface area contributed by atoms with E-state index in [2.05, 4.69) is 33.5 Å². The van der Waals surface area contributed by atoms with E-state index in [1.165, 1.54) is 5.19 Å². The minimum absolute atomic E-state index is 0.416. The lowest BCUT2D eigenvalue weighted by molar-refractivity contribution is -0.242. The molecule has 0 saturated heterocycles. The summed E-state index contributed by atoms with van der Waals surface area (Å²) < 4.78 is 0. The highest BCUT2D eigenvalue weighted by atomic mass is 28.3. The van der Waals surface area contributed by atoms with Crippen LogP contribution in [0.1, 0.15) is 43.5 Å². The van der Waals surface area contributed by atoms with Crippen LogP contribution in [-0.2, 0) is 9.78 Å². The van der Waals surface area contributed by atoms with Crippen molar-refractivity contribution in [1.29, 1.82) is 0 Å². The predicted molar refractivity (Wildman–Crippen MR) is 91.3 cm³/mol. The van der Waals surface area contributed by atoms with Gasteiger partial charge in [0.1, 0.15) is 6.10 Å². The molecule has 1 aromatic carbocycles. The lowest BCUT2D eigenvalue weighted by atomic mass is 9.80. The van der Waals surface area contributed by atoms with E-state index < -0.39 is 14.0 Å². The molecule has 0 amide bonds. The second-order valence-electron chi connectivity index (χ2n) is 7.52. The largest absolute Gasteiger partial charge is 0.373 e. The summed E-state index contributed by atoms with van der Waals surface area (Å²) in [5.74, 6) is 0.872. The molecule has 2 atom stereocenters. The molecule has 2 rings (SSSR count). The summed E-state index contributed by atoms with van der Waals surface area (Å²) in [6.07, 6.45) is 3.74. The molecule has 1 aliphatic carbocycles. The van der Waals surface area contributed by atoms with Crippen LogP contribution < -0.4 is 5.19 Å². The van der Waals surface area contributed by atoms with Gasteiger partial charge in [-0.2, -0.15) is 4.89 Å².